The van der Waals surface area contributed by atoms with Gasteiger partial charge in [-0.05, 0) is 13.3 Å². The fourth-order valence-corrected chi connectivity index (χ4v) is 1.45. The van der Waals surface area contributed by atoms with Gasteiger partial charge in [-0.25, -0.2) is 4.79 Å². The van der Waals surface area contributed by atoms with Gasteiger partial charge in [-0.15, -0.1) is 0 Å². The lowest BCUT2D eigenvalue weighted by molar-refractivity contribution is -0.142. The molecule has 1 unspecified atom stereocenters. The SMILES string of the molecule is COC(=O)CCCN(C)C(=O)NCC(C)(O)CC(=O)O. The van der Waals surface area contributed by atoms with E-state index in [-0.39, 0.29) is 18.9 Å². The van der Waals surface area contributed by atoms with Crippen LogP contribution in [-0.2, 0) is 14.3 Å². The van der Waals surface area contributed by atoms with Crippen LogP contribution in [-0.4, -0.2) is 65.9 Å². The molecule has 0 saturated heterocycles. The molecule has 2 amide bonds. The van der Waals surface area contributed by atoms with E-state index in [9.17, 15) is 19.5 Å². The lowest BCUT2D eigenvalue weighted by atomic mass is 10.0. The van der Waals surface area contributed by atoms with Gasteiger partial charge >= 0.3 is 18.0 Å². The minimum Gasteiger partial charge on any atom is -0.481 e. The lowest BCUT2D eigenvalue weighted by Crippen LogP contribution is -2.46. The standard InChI is InChI=1S/C12H22N2O6/c1-12(19,7-9(15)16)8-13-11(18)14(2)6-4-5-10(17)20-3/h19H,4-8H2,1-3H3,(H,13,18)(H,15,16). The second-order valence-corrected chi connectivity index (χ2v) is 4.83. The van der Waals surface area contributed by atoms with Gasteiger partial charge in [-0.2, -0.15) is 0 Å². The average molecular weight is 290 g/mol. The maximum absolute atomic E-state index is 11.7. The molecule has 0 spiro atoms. The summed E-state index contributed by atoms with van der Waals surface area (Å²) in [5.41, 5.74) is -1.51. The summed E-state index contributed by atoms with van der Waals surface area (Å²) in [4.78, 5) is 34.4. The fraction of sp³-hybridized carbons (Fsp3) is 0.750. The number of hydrogen-bond donors (Lipinski definition) is 3. The zero-order valence-electron chi connectivity index (χ0n) is 12.0. The number of carboxylic acids is 1. The van der Waals surface area contributed by atoms with Crippen LogP contribution in [0.2, 0.25) is 0 Å². The molecule has 8 heteroatoms. The Hall–Kier alpha value is -1.83. The number of nitrogens with one attached hydrogen (secondary N) is 1. The maximum atomic E-state index is 11.7. The Morgan fingerprint density at radius 1 is 1.35 bits per heavy atom. The van der Waals surface area contributed by atoms with Crippen LogP contribution in [0, 0.1) is 0 Å². The van der Waals surface area contributed by atoms with Crippen LogP contribution in [0.15, 0.2) is 0 Å². The third kappa shape index (κ3) is 8.30. The van der Waals surface area contributed by atoms with Crippen LogP contribution in [0.3, 0.4) is 0 Å². The van der Waals surface area contributed by atoms with Gasteiger partial charge in [0.25, 0.3) is 0 Å². The van der Waals surface area contributed by atoms with Crippen LogP contribution < -0.4 is 5.32 Å². The smallest absolute Gasteiger partial charge is 0.317 e. The van der Waals surface area contributed by atoms with Gasteiger partial charge < -0.3 is 25.2 Å². The average Bonchev–Trinajstić information content (AvgIpc) is 2.34. The number of ether oxygens (including phenoxy) is 1. The van der Waals surface area contributed by atoms with Gasteiger partial charge in [0.1, 0.15) is 0 Å². The van der Waals surface area contributed by atoms with Crippen molar-refractivity contribution < 1.29 is 29.3 Å². The number of aliphatic hydroxyl groups is 1. The van der Waals surface area contributed by atoms with Crippen molar-refractivity contribution in [2.24, 2.45) is 0 Å². The Labute approximate surface area is 117 Å². The molecule has 0 heterocycles. The van der Waals surface area contributed by atoms with Crippen molar-refractivity contribution in [1.82, 2.24) is 10.2 Å². The Balaban J connectivity index is 4.02. The molecular weight excluding hydrogens is 268 g/mol. The molecule has 0 aromatic carbocycles. The van der Waals surface area contributed by atoms with E-state index in [1.807, 2.05) is 0 Å². The number of carboxylic acid groups (broad SMARTS) is 1. The van der Waals surface area contributed by atoms with E-state index in [1.165, 1.54) is 18.9 Å². The summed E-state index contributed by atoms with van der Waals surface area (Å²) in [6, 6.07) is -0.444. The van der Waals surface area contributed by atoms with E-state index in [1.54, 1.807) is 7.05 Å². The van der Waals surface area contributed by atoms with Gasteiger partial charge in [0.2, 0.25) is 0 Å². The highest BCUT2D eigenvalue weighted by atomic mass is 16.5. The van der Waals surface area contributed by atoms with Crippen molar-refractivity contribution in [2.45, 2.75) is 31.8 Å². The highest BCUT2D eigenvalue weighted by molar-refractivity contribution is 5.74. The summed E-state index contributed by atoms with van der Waals surface area (Å²) in [5, 5.41) is 20.7. The molecule has 8 nitrogen and oxygen atoms in total. The summed E-state index contributed by atoms with van der Waals surface area (Å²) >= 11 is 0. The third-order valence-electron chi connectivity index (χ3n) is 2.60. The lowest BCUT2D eigenvalue weighted by Gasteiger charge is -2.24. The first kappa shape index (κ1) is 18.2. The van der Waals surface area contributed by atoms with Gasteiger partial charge in [0, 0.05) is 26.6 Å². The molecule has 0 aromatic heterocycles. The number of hydrogen-bond acceptors (Lipinski definition) is 5. The first-order chi connectivity index (χ1) is 9.18. The highest BCUT2D eigenvalue weighted by Gasteiger charge is 2.25. The van der Waals surface area contributed by atoms with Crippen LogP contribution >= 0.6 is 0 Å². The molecule has 0 aliphatic heterocycles. The monoisotopic (exact) mass is 290 g/mol. The Morgan fingerprint density at radius 3 is 2.45 bits per heavy atom. The molecule has 0 bridgehead atoms. The van der Waals surface area contributed by atoms with Crippen molar-refractivity contribution in [2.75, 3.05) is 27.2 Å². The molecule has 0 aliphatic carbocycles. The molecule has 1 atom stereocenters. The van der Waals surface area contributed by atoms with Crippen molar-refractivity contribution >= 4 is 18.0 Å². The van der Waals surface area contributed by atoms with E-state index in [0.29, 0.717) is 13.0 Å². The minimum atomic E-state index is -1.51. The number of methoxy groups -OCH3 is 1. The largest absolute Gasteiger partial charge is 0.481 e. The molecule has 0 saturated carbocycles. The predicted octanol–water partition coefficient (Wildman–Crippen LogP) is -0.193. The van der Waals surface area contributed by atoms with Gasteiger partial charge in [0.05, 0.1) is 19.1 Å². The number of carbonyl (C=O) groups excluding carboxylic acids is 2. The van der Waals surface area contributed by atoms with Crippen LogP contribution in [0.25, 0.3) is 0 Å². The number of nitrogens with zero attached hydrogens (tertiary/aromatic N) is 1. The molecule has 0 aliphatic rings. The molecule has 0 radical (unpaired) electrons. The number of aliphatic carboxylic acids is 1. The maximum Gasteiger partial charge on any atom is 0.317 e. The van der Waals surface area contributed by atoms with Gasteiger partial charge in [0.15, 0.2) is 0 Å². The van der Waals surface area contributed by atoms with Crippen molar-refractivity contribution in [3.8, 4) is 0 Å². The van der Waals surface area contributed by atoms with E-state index in [2.05, 4.69) is 10.1 Å². The zero-order chi connectivity index (χ0) is 15.8. The van der Waals surface area contributed by atoms with E-state index in [0.717, 1.165) is 0 Å². The van der Waals surface area contributed by atoms with E-state index < -0.39 is 24.0 Å². The molecule has 0 fully saturated rings. The third-order valence-corrected chi connectivity index (χ3v) is 2.60. The van der Waals surface area contributed by atoms with Crippen molar-refractivity contribution in [3.05, 3.63) is 0 Å². The second kappa shape index (κ2) is 8.36. The summed E-state index contributed by atoms with van der Waals surface area (Å²) in [5.74, 6) is -1.49. The second-order valence-electron chi connectivity index (χ2n) is 4.83. The van der Waals surface area contributed by atoms with Gasteiger partial charge in [-0.3, -0.25) is 9.59 Å². The molecular formula is C12H22N2O6. The molecule has 0 aromatic rings. The van der Waals surface area contributed by atoms with Crippen molar-refractivity contribution in [1.29, 1.82) is 0 Å². The summed E-state index contributed by atoms with van der Waals surface area (Å²) < 4.78 is 4.47. The Kier molecular flexibility index (Phi) is 7.60. The van der Waals surface area contributed by atoms with E-state index >= 15 is 0 Å². The van der Waals surface area contributed by atoms with Crippen molar-refractivity contribution in [3.63, 3.8) is 0 Å². The Bertz CT molecular complexity index is 356. The van der Waals surface area contributed by atoms with Crippen LogP contribution in [0.4, 0.5) is 4.79 Å². The Morgan fingerprint density at radius 2 is 1.95 bits per heavy atom. The molecule has 0 rings (SSSR count). The molecule has 116 valence electrons. The minimum absolute atomic E-state index is 0.167. The number of rotatable bonds is 8. The van der Waals surface area contributed by atoms with Crippen LogP contribution in [0.1, 0.15) is 26.2 Å². The highest BCUT2D eigenvalue weighted by Crippen LogP contribution is 2.07. The number of urea groups is 1. The zero-order valence-corrected chi connectivity index (χ0v) is 12.0. The number of esters is 1. The first-order valence-corrected chi connectivity index (χ1v) is 6.18. The summed E-state index contributed by atoms with van der Waals surface area (Å²) in [7, 11) is 2.84. The fourth-order valence-electron chi connectivity index (χ4n) is 1.45. The topological polar surface area (TPSA) is 116 Å². The predicted molar refractivity (Wildman–Crippen MR) is 70.2 cm³/mol. The summed E-state index contributed by atoms with van der Waals surface area (Å²) in [6.07, 6.45) is 0.215. The van der Waals surface area contributed by atoms with Gasteiger partial charge in [-0.1, -0.05) is 0 Å². The van der Waals surface area contributed by atoms with E-state index in [4.69, 9.17) is 5.11 Å². The summed E-state index contributed by atoms with van der Waals surface area (Å²) in [6.45, 7) is 1.51. The normalized spacial score (nSPS) is 13.2. The number of amides is 2. The molecule has 3 N–H and O–H groups in total. The first-order valence-electron chi connectivity index (χ1n) is 6.18. The number of carbonyl (C=O) groups is 3. The van der Waals surface area contributed by atoms with Crippen LogP contribution in [0.5, 0.6) is 0 Å². The quantitative estimate of drug-likeness (QED) is 0.533. The molecule has 20 heavy (non-hydrogen) atoms.